The zero-order valence-corrected chi connectivity index (χ0v) is 30.2. The van der Waals surface area contributed by atoms with Gasteiger partial charge < -0.3 is 28.7 Å². The minimum absolute atomic E-state index is 0.112. The fourth-order valence-electron chi connectivity index (χ4n) is 5.10. The van der Waals surface area contributed by atoms with Gasteiger partial charge in [0, 0.05) is 18.1 Å². The van der Waals surface area contributed by atoms with Crippen LogP contribution < -0.4 is 10.2 Å². The van der Waals surface area contributed by atoms with Crippen molar-refractivity contribution in [2.45, 2.75) is 101 Å². The maximum Gasteiger partial charge on any atom is 0.204 e. The summed E-state index contributed by atoms with van der Waals surface area (Å²) < 4.78 is 34.9. The fourth-order valence-corrected chi connectivity index (χ4v) is 7.70. The Balaban J connectivity index is 0.000000430. The number of rotatable bonds is 15. The smallest absolute Gasteiger partial charge is 0.204 e. The quantitative estimate of drug-likeness (QED) is 0.189. The van der Waals surface area contributed by atoms with E-state index in [0.717, 1.165) is 29.5 Å². The molecule has 0 amide bonds. The van der Waals surface area contributed by atoms with Gasteiger partial charge in [-0.05, 0) is 103 Å². The highest BCUT2D eigenvalue weighted by Crippen LogP contribution is 2.47. The van der Waals surface area contributed by atoms with Crippen molar-refractivity contribution in [1.29, 1.82) is 0 Å². The number of benzene rings is 2. The van der Waals surface area contributed by atoms with Gasteiger partial charge in [0.05, 0.1) is 13.2 Å². The molecule has 0 aliphatic rings. The molecule has 2 aromatic carbocycles. The van der Waals surface area contributed by atoms with E-state index in [1.54, 1.807) is 25.7 Å². The molecule has 0 radical (unpaired) electrons. The van der Waals surface area contributed by atoms with E-state index in [1.807, 2.05) is 46.8 Å². The molecule has 7 nitrogen and oxygen atoms in total. The van der Waals surface area contributed by atoms with Crippen LogP contribution in [-0.2, 0) is 50.0 Å². The van der Waals surface area contributed by atoms with Gasteiger partial charge in [-0.15, -0.1) is 0 Å². The molecule has 0 spiro atoms. The Morgan fingerprint density at radius 1 is 0.651 bits per heavy atom. The van der Waals surface area contributed by atoms with Gasteiger partial charge in [-0.1, -0.05) is 67.5 Å². The summed E-state index contributed by atoms with van der Waals surface area (Å²) in [7, 11) is -6.69. The number of aromatic hydroxyl groups is 2. The predicted molar refractivity (Wildman–Crippen MR) is 178 cm³/mol. The molecule has 0 saturated heterocycles. The van der Waals surface area contributed by atoms with Crippen LogP contribution in [0, 0.1) is 23.7 Å². The molecular formula is C34H57O7P2-. The molecule has 0 saturated carbocycles. The lowest BCUT2D eigenvalue weighted by molar-refractivity contribution is -0.193. The number of hydrogen-bond acceptors (Lipinski definition) is 7. The van der Waals surface area contributed by atoms with Crippen LogP contribution in [0.5, 0.6) is 11.5 Å². The Labute approximate surface area is 261 Å². The third kappa shape index (κ3) is 13.9. The molecule has 43 heavy (non-hydrogen) atoms. The molecule has 0 bridgehead atoms. The van der Waals surface area contributed by atoms with Gasteiger partial charge in [-0.2, -0.15) is 0 Å². The average molecular weight is 640 g/mol. The first-order chi connectivity index (χ1) is 19.8. The Kier molecular flexibility index (Phi) is 16.3. The second kappa shape index (κ2) is 17.8. The molecule has 2 atom stereocenters. The molecule has 246 valence electrons. The van der Waals surface area contributed by atoms with Crippen LogP contribution in [0.2, 0.25) is 0 Å². The van der Waals surface area contributed by atoms with Gasteiger partial charge in [0.25, 0.3) is 0 Å². The van der Waals surface area contributed by atoms with Gasteiger partial charge >= 0.3 is 0 Å². The zero-order valence-electron chi connectivity index (χ0n) is 28.4. The van der Waals surface area contributed by atoms with E-state index in [-0.39, 0.29) is 17.7 Å². The largest absolute Gasteiger partial charge is 0.775 e. The van der Waals surface area contributed by atoms with Crippen molar-refractivity contribution in [2.24, 2.45) is 23.7 Å². The Morgan fingerprint density at radius 3 is 1.28 bits per heavy atom. The minimum Gasteiger partial charge on any atom is -0.775 e. The molecule has 0 aromatic heterocycles. The van der Waals surface area contributed by atoms with Crippen molar-refractivity contribution >= 4 is 20.3 Å². The lowest BCUT2D eigenvalue weighted by Crippen LogP contribution is -2.20. The molecule has 9 heteroatoms. The Hall–Kier alpha value is -1.62. The molecule has 0 fully saturated rings. The first-order valence-corrected chi connectivity index (χ1v) is 19.5. The highest BCUT2D eigenvalue weighted by atomic mass is 31.2. The molecule has 2 aromatic rings. The van der Waals surface area contributed by atoms with Crippen LogP contribution in [0.1, 0.15) is 97.1 Å². The van der Waals surface area contributed by atoms with Gasteiger partial charge in [-0.3, -0.25) is 4.57 Å². The molecule has 0 heterocycles. The van der Waals surface area contributed by atoms with Gasteiger partial charge in [0.2, 0.25) is 7.37 Å². The third-order valence-corrected chi connectivity index (χ3v) is 9.81. The van der Waals surface area contributed by atoms with E-state index in [9.17, 15) is 24.2 Å². The second-order valence-electron chi connectivity index (χ2n) is 13.3. The highest BCUT2D eigenvalue weighted by Gasteiger charge is 2.20. The van der Waals surface area contributed by atoms with Crippen LogP contribution in [0.25, 0.3) is 0 Å². The number of hydrogen-bond donors (Lipinski definition) is 2. The predicted octanol–water partition coefficient (Wildman–Crippen LogP) is 8.24. The maximum absolute atomic E-state index is 12.5. The molecule has 2 rings (SSSR count). The van der Waals surface area contributed by atoms with E-state index >= 15 is 0 Å². The summed E-state index contributed by atoms with van der Waals surface area (Å²) in [4.78, 5) is 12.1. The van der Waals surface area contributed by atoms with Crippen molar-refractivity contribution < 1.29 is 33.3 Å². The molecule has 2 unspecified atom stereocenters. The van der Waals surface area contributed by atoms with Crippen molar-refractivity contribution in [3.8, 4) is 11.5 Å². The summed E-state index contributed by atoms with van der Waals surface area (Å²) >= 11 is 0. The van der Waals surface area contributed by atoms with E-state index in [2.05, 4.69) is 27.7 Å². The Bertz CT molecular complexity index is 1190. The normalized spacial score (nSPS) is 14.6. The molecule has 0 aliphatic carbocycles. The minimum atomic E-state index is -4.07. The Morgan fingerprint density at radius 2 is 0.977 bits per heavy atom. The molecule has 0 aliphatic heterocycles. The molecular weight excluding hydrogens is 582 g/mol. The summed E-state index contributed by atoms with van der Waals surface area (Å²) in [6, 6.07) is 7.08. The molecule has 2 N–H and O–H groups in total. The van der Waals surface area contributed by atoms with Crippen molar-refractivity contribution in [3.05, 3.63) is 52.1 Å². The van der Waals surface area contributed by atoms with Crippen molar-refractivity contribution in [2.75, 3.05) is 19.9 Å². The SMILES string of the molecule is CCOP(=O)([O-])c1cc(CC(C)C)c(O)c(CC(C)C)c1.CCOP(C)(=O)Cc1cc(CC(C)C)c(O)c(CC(C)C)c1. The van der Waals surface area contributed by atoms with Crippen LogP contribution in [0.3, 0.4) is 0 Å². The number of phenolic OH excluding ortho intramolecular Hbond substituents is 2. The lowest BCUT2D eigenvalue weighted by Gasteiger charge is -2.25. The van der Waals surface area contributed by atoms with E-state index in [1.165, 1.54) is 0 Å². The van der Waals surface area contributed by atoms with Gasteiger partial charge in [-0.25, -0.2) is 0 Å². The maximum atomic E-state index is 12.5. The third-order valence-electron chi connectivity index (χ3n) is 6.58. The summed E-state index contributed by atoms with van der Waals surface area (Å²) in [5.74, 6) is 2.22. The average Bonchev–Trinajstić information content (AvgIpc) is 2.83. The van der Waals surface area contributed by atoms with Gasteiger partial charge in [0.1, 0.15) is 11.5 Å². The van der Waals surface area contributed by atoms with Crippen LogP contribution >= 0.6 is 15.0 Å². The first kappa shape index (κ1) is 39.4. The highest BCUT2D eigenvalue weighted by molar-refractivity contribution is 7.59. The van der Waals surface area contributed by atoms with Crippen LogP contribution in [0.4, 0.5) is 0 Å². The fraction of sp³-hybridized carbons (Fsp3) is 0.647. The topological polar surface area (TPSA) is 116 Å². The van der Waals surface area contributed by atoms with Crippen molar-refractivity contribution in [1.82, 2.24) is 0 Å². The summed E-state index contributed by atoms with van der Waals surface area (Å²) in [5, 5.41) is 21.0. The summed E-state index contributed by atoms with van der Waals surface area (Å²) in [5.41, 5.74) is 4.27. The first-order valence-electron chi connectivity index (χ1n) is 15.7. The van der Waals surface area contributed by atoms with Gasteiger partial charge in [0.15, 0.2) is 7.60 Å². The van der Waals surface area contributed by atoms with Crippen LogP contribution in [0.15, 0.2) is 24.3 Å². The standard InChI is InChI=1S/C18H31O3P.C16H27O4P/c1-7-21-22(6,20)12-15-10-16(8-13(2)3)18(19)17(11-15)9-14(4)5;1-6-20-21(18,19)15-9-13(7-11(2)3)16(17)14(10-15)8-12(4)5/h10-11,13-14,19H,7-9,12H2,1-6H3;9-12,17H,6-8H2,1-5H3,(H,18,19)/p-1. The van der Waals surface area contributed by atoms with Crippen LogP contribution in [-0.4, -0.2) is 30.1 Å². The second-order valence-corrected chi connectivity index (χ2v) is 17.6. The monoisotopic (exact) mass is 639 g/mol. The summed E-state index contributed by atoms with van der Waals surface area (Å²) in [6.45, 7) is 22.5. The van der Waals surface area contributed by atoms with E-state index in [0.29, 0.717) is 66.2 Å². The van der Waals surface area contributed by atoms with E-state index in [4.69, 9.17) is 9.05 Å². The van der Waals surface area contributed by atoms with Crippen molar-refractivity contribution in [3.63, 3.8) is 0 Å². The number of phenols is 2. The lowest BCUT2D eigenvalue weighted by atomic mass is 9.93. The summed E-state index contributed by atoms with van der Waals surface area (Å²) in [6.07, 6.45) is 3.35. The van der Waals surface area contributed by atoms with E-state index < -0.39 is 15.0 Å². The zero-order chi connectivity index (χ0) is 33.1.